The number of anilines is 1. The molecule has 0 saturated carbocycles. The molecule has 1 amide bonds. The fourth-order valence-electron chi connectivity index (χ4n) is 3.44. The van der Waals surface area contributed by atoms with Gasteiger partial charge in [-0.2, -0.15) is 0 Å². The van der Waals surface area contributed by atoms with Gasteiger partial charge in [0.05, 0.1) is 12.5 Å². The Morgan fingerprint density at radius 3 is 2.76 bits per heavy atom. The van der Waals surface area contributed by atoms with E-state index in [0.717, 1.165) is 36.9 Å². The molecule has 1 aromatic heterocycles. The molecule has 2 atom stereocenters. The van der Waals surface area contributed by atoms with Crippen LogP contribution >= 0.6 is 11.3 Å². The van der Waals surface area contributed by atoms with Crippen LogP contribution < -0.4 is 4.90 Å². The summed E-state index contributed by atoms with van der Waals surface area (Å²) in [5.74, 6) is 0.899. The minimum Gasteiger partial charge on any atom is -0.312 e. The highest BCUT2D eigenvalue weighted by Crippen LogP contribution is 2.35. The fourth-order valence-corrected chi connectivity index (χ4v) is 4.10. The van der Waals surface area contributed by atoms with Crippen molar-refractivity contribution >= 4 is 22.9 Å². The molecule has 3 heterocycles. The lowest BCUT2D eigenvalue weighted by Crippen LogP contribution is -2.32. The molecule has 2 aliphatic rings. The molecule has 0 N–H and O–H groups in total. The zero-order chi connectivity index (χ0) is 14.2. The standard InChI is InChI=1S/C16H17N3OS/c20-16-14-10-18(11-15-17-6-7-21-15)8-12(14)9-19(16)13-4-2-1-3-5-13/h1-7,12,14H,8-11H2/t12-,14-/m0/s1. The lowest BCUT2D eigenvalue weighted by Gasteiger charge is -2.21. The molecule has 2 aliphatic heterocycles. The first-order valence-corrected chi connectivity index (χ1v) is 8.16. The number of thiazole rings is 1. The summed E-state index contributed by atoms with van der Waals surface area (Å²) in [6, 6.07) is 10.0. The van der Waals surface area contributed by atoms with Gasteiger partial charge in [-0.05, 0) is 12.1 Å². The summed E-state index contributed by atoms with van der Waals surface area (Å²) in [4.78, 5) is 21.3. The molecule has 4 rings (SSSR count). The Morgan fingerprint density at radius 2 is 2.05 bits per heavy atom. The summed E-state index contributed by atoms with van der Waals surface area (Å²) in [5.41, 5.74) is 1.03. The highest BCUT2D eigenvalue weighted by atomic mass is 32.1. The van der Waals surface area contributed by atoms with Gasteiger partial charge in [0.15, 0.2) is 0 Å². The molecule has 2 saturated heterocycles. The molecular formula is C16H17N3OS. The third kappa shape index (κ3) is 2.36. The molecule has 1 aromatic carbocycles. The molecule has 0 bridgehead atoms. The highest BCUT2D eigenvalue weighted by molar-refractivity contribution is 7.09. The maximum absolute atomic E-state index is 12.6. The van der Waals surface area contributed by atoms with E-state index in [4.69, 9.17) is 0 Å². The van der Waals surface area contributed by atoms with E-state index >= 15 is 0 Å². The Bertz CT molecular complexity index is 628. The Morgan fingerprint density at radius 1 is 1.19 bits per heavy atom. The molecule has 2 fully saturated rings. The minimum absolute atomic E-state index is 0.158. The number of likely N-dealkylation sites (tertiary alicyclic amines) is 1. The summed E-state index contributed by atoms with van der Waals surface area (Å²) < 4.78 is 0. The van der Waals surface area contributed by atoms with Crippen LogP contribution in [-0.4, -0.2) is 35.4 Å². The monoisotopic (exact) mass is 299 g/mol. The van der Waals surface area contributed by atoms with Crippen molar-refractivity contribution in [2.75, 3.05) is 24.5 Å². The van der Waals surface area contributed by atoms with Crippen molar-refractivity contribution in [3.05, 3.63) is 46.9 Å². The van der Waals surface area contributed by atoms with Crippen LogP contribution in [0.1, 0.15) is 5.01 Å². The van der Waals surface area contributed by atoms with Crippen molar-refractivity contribution in [3.8, 4) is 0 Å². The Balaban J connectivity index is 1.45. The summed E-state index contributed by atoms with van der Waals surface area (Å²) in [6.07, 6.45) is 1.85. The van der Waals surface area contributed by atoms with Gasteiger partial charge in [-0.25, -0.2) is 4.98 Å². The van der Waals surface area contributed by atoms with Crippen molar-refractivity contribution in [3.63, 3.8) is 0 Å². The number of hydrogen-bond donors (Lipinski definition) is 0. The quantitative estimate of drug-likeness (QED) is 0.872. The summed E-state index contributed by atoms with van der Waals surface area (Å²) in [6.45, 7) is 3.59. The molecule has 108 valence electrons. The third-order valence-corrected chi connectivity index (χ3v) is 5.19. The van der Waals surface area contributed by atoms with Gasteiger partial charge >= 0.3 is 0 Å². The Kier molecular flexibility index (Phi) is 3.24. The van der Waals surface area contributed by atoms with Crippen LogP contribution in [0, 0.1) is 11.8 Å². The number of benzene rings is 1. The number of nitrogens with zero attached hydrogens (tertiary/aromatic N) is 3. The third-order valence-electron chi connectivity index (χ3n) is 4.43. The van der Waals surface area contributed by atoms with E-state index in [1.807, 2.05) is 46.8 Å². The van der Waals surface area contributed by atoms with Gasteiger partial charge in [-0.3, -0.25) is 9.69 Å². The predicted octanol–water partition coefficient (Wildman–Crippen LogP) is 2.24. The van der Waals surface area contributed by atoms with Crippen molar-refractivity contribution in [2.45, 2.75) is 6.54 Å². The van der Waals surface area contributed by atoms with Gasteiger partial charge in [-0.1, -0.05) is 18.2 Å². The van der Waals surface area contributed by atoms with E-state index in [-0.39, 0.29) is 11.8 Å². The van der Waals surface area contributed by atoms with Gasteiger partial charge in [0.2, 0.25) is 5.91 Å². The number of rotatable bonds is 3. The van der Waals surface area contributed by atoms with Crippen LogP contribution in [0.5, 0.6) is 0 Å². The molecule has 2 aromatic rings. The summed E-state index contributed by atoms with van der Waals surface area (Å²) >= 11 is 1.69. The number of carbonyl (C=O) groups excluding carboxylic acids is 1. The molecule has 0 spiro atoms. The first kappa shape index (κ1) is 13.0. The van der Waals surface area contributed by atoms with Crippen LogP contribution in [0.25, 0.3) is 0 Å². The zero-order valence-corrected chi connectivity index (χ0v) is 12.5. The predicted molar refractivity (Wildman–Crippen MR) is 83.2 cm³/mol. The number of fused-ring (bicyclic) bond motifs is 1. The number of hydrogen-bond acceptors (Lipinski definition) is 4. The molecule has 0 unspecified atom stereocenters. The summed E-state index contributed by atoms with van der Waals surface area (Å²) in [7, 11) is 0. The number of para-hydroxylation sites is 1. The van der Waals surface area contributed by atoms with E-state index in [1.165, 1.54) is 0 Å². The van der Waals surface area contributed by atoms with E-state index in [9.17, 15) is 4.79 Å². The Labute approximate surface area is 128 Å². The topological polar surface area (TPSA) is 36.4 Å². The van der Waals surface area contributed by atoms with E-state index in [2.05, 4.69) is 9.88 Å². The molecule has 0 aliphatic carbocycles. The van der Waals surface area contributed by atoms with Gasteiger partial charge in [0.25, 0.3) is 0 Å². The smallest absolute Gasteiger partial charge is 0.231 e. The van der Waals surface area contributed by atoms with E-state index < -0.39 is 0 Å². The van der Waals surface area contributed by atoms with Crippen molar-refractivity contribution in [1.82, 2.24) is 9.88 Å². The molecular weight excluding hydrogens is 282 g/mol. The number of amides is 1. The maximum atomic E-state index is 12.6. The molecule has 5 heteroatoms. The van der Waals surface area contributed by atoms with Crippen LogP contribution in [0.4, 0.5) is 5.69 Å². The van der Waals surface area contributed by atoms with Crippen molar-refractivity contribution in [2.24, 2.45) is 11.8 Å². The lowest BCUT2D eigenvalue weighted by molar-refractivity contribution is -0.120. The average molecular weight is 299 g/mol. The Hall–Kier alpha value is -1.72. The van der Waals surface area contributed by atoms with Gasteiger partial charge in [0, 0.05) is 42.8 Å². The van der Waals surface area contributed by atoms with Crippen molar-refractivity contribution in [1.29, 1.82) is 0 Å². The normalized spacial score (nSPS) is 25.5. The van der Waals surface area contributed by atoms with Crippen LogP contribution in [0.2, 0.25) is 0 Å². The molecule has 21 heavy (non-hydrogen) atoms. The minimum atomic E-state index is 0.158. The largest absolute Gasteiger partial charge is 0.312 e. The maximum Gasteiger partial charge on any atom is 0.231 e. The molecule has 4 nitrogen and oxygen atoms in total. The van der Waals surface area contributed by atoms with Crippen molar-refractivity contribution < 1.29 is 4.79 Å². The summed E-state index contributed by atoms with van der Waals surface area (Å²) in [5, 5.41) is 3.15. The number of aromatic nitrogens is 1. The zero-order valence-electron chi connectivity index (χ0n) is 11.7. The first-order chi connectivity index (χ1) is 10.3. The first-order valence-electron chi connectivity index (χ1n) is 7.28. The van der Waals surface area contributed by atoms with E-state index in [1.54, 1.807) is 11.3 Å². The highest BCUT2D eigenvalue weighted by Gasteiger charge is 2.46. The second-order valence-electron chi connectivity index (χ2n) is 5.77. The second-order valence-corrected chi connectivity index (χ2v) is 6.75. The SMILES string of the molecule is O=C1[C@H]2CN(Cc3nccs3)C[C@H]2CN1c1ccccc1. The van der Waals surface area contributed by atoms with Gasteiger partial charge in [-0.15, -0.1) is 11.3 Å². The fraction of sp³-hybridized carbons (Fsp3) is 0.375. The molecule has 0 radical (unpaired) electrons. The van der Waals surface area contributed by atoms with Crippen LogP contribution in [0.15, 0.2) is 41.9 Å². The lowest BCUT2D eigenvalue weighted by atomic mass is 10.0. The van der Waals surface area contributed by atoms with Gasteiger partial charge in [0.1, 0.15) is 5.01 Å². The number of carbonyl (C=O) groups is 1. The van der Waals surface area contributed by atoms with Gasteiger partial charge < -0.3 is 4.90 Å². The second kappa shape index (κ2) is 5.24. The average Bonchev–Trinajstić information content (AvgIpc) is 3.20. The van der Waals surface area contributed by atoms with E-state index in [0.29, 0.717) is 5.92 Å². The van der Waals surface area contributed by atoms with Crippen LogP contribution in [-0.2, 0) is 11.3 Å². The van der Waals surface area contributed by atoms with Crippen LogP contribution in [0.3, 0.4) is 0 Å².